The van der Waals surface area contributed by atoms with Crippen LogP contribution in [0.25, 0.3) is 0 Å². The number of nitrogens with two attached hydrogens (primary N) is 1. The molecule has 2 N–H and O–H groups in total. The van der Waals surface area contributed by atoms with Crippen molar-refractivity contribution in [2.45, 2.75) is 17.6 Å². The van der Waals surface area contributed by atoms with Crippen LogP contribution in [0.15, 0.2) is 35.5 Å². The molecule has 0 saturated carbocycles. The van der Waals surface area contributed by atoms with Crippen LogP contribution in [-0.2, 0) is 5.75 Å². The number of nitrogens with zero attached hydrogens (tertiary/aromatic N) is 2. The van der Waals surface area contributed by atoms with Crippen molar-refractivity contribution in [1.82, 2.24) is 9.97 Å². The van der Waals surface area contributed by atoms with Gasteiger partial charge in [0.25, 0.3) is 0 Å². The van der Waals surface area contributed by atoms with Crippen molar-refractivity contribution < 1.29 is 0 Å². The lowest BCUT2D eigenvalue weighted by Gasteiger charge is -2.06. The van der Waals surface area contributed by atoms with Gasteiger partial charge in [0.1, 0.15) is 5.15 Å². The number of anilines is 1. The fraction of sp³-hybridized carbons (Fsp3) is 0.167. The largest absolute Gasteiger partial charge is 0.399 e. The molecule has 0 atom stereocenters. The van der Waals surface area contributed by atoms with Crippen molar-refractivity contribution in [2.75, 3.05) is 5.73 Å². The number of halogens is 1. The first kappa shape index (κ1) is 12.2. The summed E-state index contributed by atoms with van der Waals surface area (Å²) in [6.07, 6.45) is 3.25. The molecule has 0 aliphatic heterocycles. The lowest BCUT2D eigenvalue weighted by molar-refractivity contribution is 1.10. The summed E-state index contributed by atoms with van der Waals surface area (Å²) in [6.45, 7) is 2.06. The summed E-state index contributed by atoms with van der Waals surface area (Å²) < 4.78 is 0. The fourth-order valence-electron chi connectivity index (χ4n) is 1.34. The summed E-state index contributed by atoms with van der Waals surface area (Å²) in [4.78, 5) is 9.36. The van der Waals surface area contributed by atoms with Crippen LogP contribution in [0, 0.1) is 6.92 Å². The first-order valence-corrected chi connectivity index (χ1v) is 6.47. The molecule has 1 aromatic carbocycles. The molecule has 0 fully saturated rings. The topological polar surface area (TPSA) is 51.8 Å². The van der Waals surface area contributed by atoms with Crippen molar-refractivity contribution in [2.24, 2.45) is 0 Å². The van der Waals surface area contributed by atoms with Crippen molar-refractivity contribution in [3.05, 3.63) is 47.0 Å². The summed E-state index contributed by atoms with van der Waals surface area (Å²) in [5.41, 5.74) is 8.65. The molecule has 0 unspecified atom stereocenters. The molecule has 2 rings (SSSR count). The summed E-state index contributed by atoms with van der Waals surface area (Å²) in [7, 11) is 0. The highest BCUT2D eigenvalue weighted by atomic mass is 35.5. The van der Waals surface area contributed by atoms with E-state index in [9.17, 15) is 0 Å². The minimum absolute atomic E-state index is 0.416. The smallest absolute Gasteiger partial charge is 0.147 e. The summed E-state index contributed by atoms with van der Waals surface area (Å²) in [5.74, 6) is 0.758. The third kappa shape index (κ3) is 3.35. The van der Waals surface area contributed by atoms with Crippen LogP contribution < -0.4 is 5.73 Å². The van der Waals surface area contributed by atoms with E-state index in [2.05, 4.69) is 16.9 Å². The molecule has 17 heavy (non-hydrogen) atoms. The first-order chi connectivity index (χ1) is 8.15. The van der Waals surface area contributed by atoms with E-state index in [1.165, 1.54) is 10.5 Å². The van der Waals surface area contributed by atoms with Crippen LogP contribution in [-0.4, -0.2) is 9.97 Å². The lowest BCUT2D eigenvalue weighted by atomic mass is 10.2. The molecule has 88 valence electrons. The molecule has 0 radical (unpaired) electrons. The molecule has 0 aliphatic rings. The minimum Gasteiger partial charge on any atom is -0.399 e. The van der Waals surface area contributed by atoms with Crippen molar-refractivity contribution in [3.63, 3.8) is 0 Å². The van der Waals surface area contributed by atoms with Crippen LogP contribution in [0.4, 0.5) is 5.69 Å². The quantitative estimate of drug-likeness (QED) is 0.683. The molecule has 5 heteroatoms. The van der Waals surface area contributed by atoms with Gasteiger partial charge < -0.3 is 5.73 Å². The number of rotatable bonds is 3. The Morgan fingerprint density at radius 1 is 1.29 bits per heavy atom. The zero-order valence-corrected chi connectivity index (χ0v) is 10.9. The Bertz CT molecular complexity index is 514. The lowest BCUT2D eigenvalue weighted by Crippen LogP contribution is -1.91. The van der Waals surface area contributed by atoms with Gasteiger partial charge in [-0.2, -0.15) is 0 Å². The van der Waals surface area contributed by atoms with E-state index in [1.807, 2.05) is 18.2 Å². The maximum atomic E-state index is 5.76. The SMILES string of the molecule is Cc1ccc(N)cc1SCc1cnc(Cl)cn1. The molecular weight excluding hydrogens is 254 g/mol. The molecular formula is C12H12ClN3S. The summed E-state index contributed by atoms with van der Waals surface area (Å²) in [5, 5.41) is 0.416. The molecule has 0 amide bonds. The van der Waals surface area contributed by atoms with E-state index >= 15 is 0 Å². The van der Waals surface area contributed by atoms with Gasteiger partial charge in [0.15, 0.2) is 0 Å². The van der Waals surface area contributed by atoms with E-state index < -0.39 is 0 Å². The number of thioether (sulfide) groups is 1. The van der Waals surface area contributed by atoms with Crippen LogP contribution >= 0.6 is 23.4 Å². The Kier molecular flexibility index (Phi) is 3.86. The highest BCUT2D eigenvalue weighted by molar-refractivity contribution is 7.98. The third-order valence-corrected chi connectivity index (χ3v) is 3.65. The third-order valence-electron chi connectivity index (χ3n) is 2.26. The van der Waals surface area contributed by atoms with Gasteiger partial charge in [0.2, 0.25) is 0 Å². The molecule has 1 aromatic heterocycles. The second-order valence-corrected chi connectivity index (χ2v) is 5.05. The molecule has 0 saturated heterocycles. The molecule has 2 aromatic rings. The average molecular weight is 266 g/mol. The monoisotopic (exact) mass is 265 g/mol. The van der Waals surface area contributed by atoms with E-state index in [-0.39, 0.29) is 0 Å². The zero-order chi connectivity index (χ0) is 12.3. The molecule has 1 heterocycles. The van der Waals surface area contributed by atoms with Gasteiger partial charge in [-0.25, -0.2) is 4.98 Å². The highest BCUT2D eigenvalue weighted by Crippen LogP contribution is 2.27. The van der Waals surface area contributed by atoms with Gasteiger partial charge in [-0.1, -0.05) is 17.7 Å². The number of hydrogen-bond donors (Lipinski definition) is 1. The number of nitrogen functional groups attached to an aromatic ring is 1. The Balaban J connectivity index is 2.07. The Morgan fingerprint density at radius 2 is 2.12 bits per heavy atom. The van der Waals surface area contributed by atoms with Crippen molar-refractivity contribution >= 4 is 29.1 Å². The number of benzene rings is 1. The maximum absolute atomic E-state index is 5.76. The normalized spacial score (nSPS) is 10.5. The van der Waals surface area contributed by atoms with Crippen LogP contribution in [0.5, 0.6) is 0 Å². The van der Waals surface area contributed by atoms with Crippen molar-refractivity contribution in [1.29, 1.82) is 0 Å². The maximum Gasteiger partial charge on any atom is 0.147 e. The molecule has 0 bridgehead atoms. The Morgan fingerprint density at radius 3 is 2.82 bits per heavy atom. The van der Waals surface area contributed by atoms with Crippen LogP contribution in [0.2, 0.25) is 5.15 Å². The zero-order valence-electron chi connectivity index (χ0n) is 9.35. The van der Waals surface area contributed by atoms with Gasteiger partial charge in [-0.3, -0.25) is 4.98 Å². The second-order valence-electron chi connectivity index (χ2n) is 3.64. The highest BCUT2D eigenvalue weighted by Gasteiger charge is 2.02. The van der Waals surface area contributed by atoms with Gasteiger partial charge in [0, 0.05) is 16.3 Å². The summed E-state index contributed by atoms with van der Waals surface area (Å²) >= 11 is 7.37. The van der Waals surface area contributed by atoms with Crippen molar-refractivity contribution in [3.8, 4) is 0 Å². The minimum atomic E-state index is 0.416. The van der Waals surface area contributed by atoms with Crippen LogP contribution in [0.1, 0.15) is 11.3 Å². The van der Waals surface area contributed by atoms with E-state index in [1.54, 1.807) is 24.2 Å². The first-order valence-electron chi connectivity index (χ1n) is 5.10. The Hall–Kier alpha value is -1.26. The van der Waals surface area contributed by atoms with Crippen LogP contribution in [0.3, 0.4) is 0 Å². The van der Waals surface area contributed by atoms with E-state index in [0.717, 1.165) is 17.1 Å². The van der Waals surface area contributed by atoms with Gasteiger partial charge in [-0.15, -0.1) is 11.8 Å². The predicted molar refractivity (Wildman–Crippen MR) is 72.2 cm³/mol. The average Bonchev–Trinajstić information content (AvgIpc) is 2.32. The van der Waals surface area contributed by atoms with Gasteiger partial charge in [-0.05, 0) is 24.6 Å². The summed E-state index contributed by atoms with van der Waals surface area (Å²) in [6, 6.07) is 5.90. The number of aromatic nitrogens is 2. The van der Waals surface area contributed by atoms with Gasteiger partial charge >= 0.3 is 0 Å². The van der Waals surface area contributed by atoms with E-state index in [0.29, 0.717) is 5.15 Å². The molecule has 3 nitrogen and oxygen atoms in total. The molecule has 0 aliphatic carbocycles. The standard InChI is InChI=1S/C12H12ClN3S/c1-8-2-3-9(14)4-11(8)17-7-10-5-16-12(13)6-15-10/h2-6H,7,14H2,1H3. The van der Waals surface area contributed by atoms with Gasteiger partial charge in [0.05, 0.1) is 18.1 Å². The fourth-order valence-corrected chi connectivity index (χ4v) is 2.40. The Labute approximate surface area is 109 Å². The second kappa shape index (κ2) is 5.38. The molecule has 0 spiro atoms. The van der Waals surface area contributed by atoms with E-state index in [4.69, 9.17) is 17.3 Å². The number of hydrogen-bond acceptors (Lipinski definition) is 4. The number of aryl methyl sites for hydroxylation is 1. The predicted octanol–water partition coefficient (Wildman–Crippen LogP) is 3.31.